The average molecular weight is 253 g/mol. The average Bonchev–Trinajstić information content (AvgIpc) is 2.78. The highest BCUT2D eigenvalue weighted by Gasteiger charge is 2.28. The van der Waals surface area contributed by atoms with E-state index in [0.717, 1.165) is 0 Å². The van der Waals surface area contributed by atoms with Crippen LogP contribution >= 0.6 is 0 Å². The van der Waals surface area contributed by atoms with Crippen molar-refractivity contribution >= 4 is 11.9 Å². The largest absolute Gasteiger partial charge is 0.476 e. The number of aromatic nitrogens is 1. The van der Waals surface area contributed by atoms with Crippen molar-refractivity contribution in [2.24, 2.45) is 0 Å². The predicted octanol–water partition coefficient (Wildman–Crippen LogP) is 0.0832. The molecular formula is C11H15N3O4. The lowest BCUT2D eigenvalue weighted by Crippen LogP contribution is -2.54. The van der Waals surface area contributed by atoms with Crippen molar-refractivity contribution in [1.82, 2.24) is 15.4 Å². The molecule has 1 aromatic rings. The Morgan fingerprint density at radius 3 is 3.11 bits per heavy atom. The van der Waals surface area contributed by atoms with E-state index >= 15 is 0 Å². The molecule has 1 saturated heterocycles. The molecule has 1 aliphatic rings. The number of aromatic carboxylic acids is 1. The van der Waals surface area contributed by atoms with Crippen molar-refractivity contribution in [3.8, 4) is 0 Å². The summed E-state index contributed by atoms with van der Waals surface area (Å²) in [6, 6.07) is 1.19. The van der Waals surface area contributed by atoms with Gasteiger partial charge in [0, 0.05) is 19.2 Å². The highest BCUT2D eigenvalue weighted by molar-refractivity contribution is 5.85. The molecule has 1 fully saturated rings. The van der Waals surface area contributed by atoms with Crippen LogP contribution < -0.4 is 5.32 Å². The van der Waals surface area contributed by atoms with Gasteiger partial charge >= 0.3 is 5.97 Å². The number of rotatable bonds is 4. The summed E-state index contributed by atoms with van der Waals surface area (Å²) in [6.45, 7) is 3.64. The zero-order valence-electron chi connectivity index (χ0n) is 10.0. The van der Waals surface area contributed by atoms with Gasteiger partial charge in [-0.2, -0.15) is 0 Å². The van der Waals surface area contributed by atoms with E-state index in [2.05, 4.69) is 10.5 Å². The van der Waals surface area contributed by atoms with Crippen molar-refractivity contribution in [2.75, 3.05) is 13.1 Å². The zero-order valence-corrected chi connectivity index (χ0v) is 10.0. The standard InChI is InChI=1S/C11H15N3O4/c1-2-9-10(15)12-3-4-14(9)6-7-5-8(11(16)17)13-18-7/h5,9H,2-4,6H2,1H3,(H,12,15)(H,16,17). The number of carboxylic acids is 1. The summed E-state index contributed by atoms with van der Waals surface area (Å²) in [6.07, 6.45) is 0.700. The molecular weight excluding hydrogens is 238 g/mol. The van der Waals surface area contributed by atoms with E-state index in [-0.39, 0.29) is 17.6 Å². The number of amides is 1. The summed E-state index contributed by atoms with van der Waals surface area (Å²) in [5.74, 6) is -0.657. The molecule has 1 atom stereocenters. The quantitative estimate of drug-likeness (QED) is 0.789. The van der Waals surface area contributed by atoms with Gasteiger partial charge in [-0.15, -0.1) is 0 Å². The van der Waals surface area contributed by atoms with Gasteiger partial charge in [0.2, 0.25) is 5.91 Å². The number of nitrogens with zero attached hydrogens (tertiary/aromatic N) is 2. The Morgan fingerprint density at radius 2 is 2.50 bits per heavy atom. The van der Waals surface area contributed by atoms with E-state index in [1.807, 2.05) is 11.8 Å². The minimum Gasteiger partial charge on any atom is -0.476 e. The summed E-state index contributed by atoms with van der Waals surface area (Å²) in [5.41, 5.74) is -0.112. The third kappa shape index (κ3) is 2.51. The fourth-order valence-corrected chi connectivity index (χ4v) is 2.08. The summed E-state index contributed by atoms with van der Waals surface area (Å²) in [4.78, 5) is 24.3. The maximum Gasteiger partial charge on any atom is 0.358 e. The van der Waals surface area contributed by atoms with Crippen LogP contribution in [0.2, 0.25) is 0 Å². The van der Waals surface area contributed by atoms with E-state index < -0.39 is 5.97 Å². The van der Waals surface area contributed by atoms with Crippen molar-refractivity contribution in [3.05, 3.63) is 17.5 Å². The molecule has 2 heterocycles. The van der Waals surface area contributed by atoms with Crippen molar-refractivity contribution in [2.45, 2.75) is 25.9 Å². The lowest BCUT2D eigenvalue weighted by molar-refractivity contribution is -0.129. The Morgan fingerprint density at radius 1 is 1.72 bits per heavy atom. The van der Waals surface area contributed by atoms with Crippen LogP contribution in [0.3, 0.4) is 0 Å². The Labute approximate surface area is 104 Å². The first-order chi connectivity index (χ1) is 8.61. The first-order valence-electron chi connectivity index (χ1n) is 5.82. The van der Waals surface area contributed by atoms with Gasteiger partial charge in [-0.25, -0.2) is 4.79 Å². The zero-order chi connectivity index (χ0) is 13.1. The van der Waals surface area contributed by atoms with Crippen LogP contribution in [0.4, 0.5) is 0 Å². The van der Waals surface area contributed by atoms with E-state index in [9.17, 15) is 9.59 Å². The Kier molecular flexibility index (Phi) is 3.61. The smallest absolute Gasteiger partial charge is 0.358 e. The van der Waals surface area contributed by atoms with Crippen LogP contribution in [-0.4, -0.2) is 46.2 Å². The molecule has 2 rings (SSSR count). The maximum absolute atomic E-state index is 11.6. The molecule has 1 aliphatic heterocycles. The van der Waals surface area contributed by atoms with E-state index in [1.165, 1.54) is 6.07 Å². The van der Waals surface area contributed by atoms with Gasteiger partial charge in [0.25, 0.3) is 0 Å². The van der Waals surface area contributed by atoms with Crippen LogP contribution in [0.15, 0.2) is 10.6 Å². The first-order valence-corrected chi connectivity index (χ1v) is 5.82. The molecule has 0 bridgehead atoms. The summed E-state index contributed by atoms with van der Waals surface area (Å²) >= 11 is 0. The predicted molar refractivity (Wildman–Crippen MR) is 61.0 cm³/mol. The Hall–Kier alpha value is -1.89. The van der Waals surface area contributed by atoms with Crippen LogP contribution in [0.5, 0.6) is 0 Å². The number of carbonyl (C=O) groups is 2. The van der Waals surface area contributed by atoms with Gasteiger partial charge in [-0.1, -0.05) is 12.1 Å². The molecule has 0 aromatic carbocycles. The molecule has 0 saturated carbocycles. The number of hydrogen-bond acceptors (Lipinski definition) is 5. The molecule has 7 heteroatoms. The molecule has 1 amide bonds. The van der Waals surface area contributed by atoms with Crippen LogP contribution in [0.25, 0.3) is 0 Å². The van der Waals surface area contributed by atoms with Gasteiger partial charge < -0.3 is 14.9 Å². The number of hydrogen-bond donors (Lipinski definition) is 2. The van der Waals surface area contributed by atoms with Crippen molar-refractivity contribution in [3.63, 3.8) is 0 Å². The van der Waals surface area contributed by atoms with E-state index in [0.29, 0.717) is 31.8 Å². The minimum absolute atomic E-state index is 0.00160. The van der Waals surface area contributed by atoms with Gasteiger partial charge in [-0.3, -0.25) is 9.69 Å². The minimum atomic E-state index is -1.12. The topological polar surface area (TPSA) is 95.7 Å². The second kappa shape index (κ2) is 5.18. The lowest BCUT2D eigenvalue weighted by Gasteiger charge is -2.33. The molecule has 2 N–H and O–H groups in total. The summed E-state index contributed by atoms with van der Waals surface area (Å²) in [5, 5.41) is 15.0. The van der Waals surface area contributed by atoms with Gasteiger partial charge in [0.15, 0.2) is 11.5 Å². The molecule has 0 spiro atoms. The monoisotopic (exact) mass is 253 g/mol. The Bertz CT molecular complexity index is 457. The van der Waals surface area contributed by atoms with E-state index in [4.69, 9.17) is 9.63 Å². The molecule has 1 unspecified atom stereocenters. The molecule has 7 nitrogen and oxygen atoms in total. The van der Waals surface area contributed by atoms with Crippen LogP contribution in [0, 0.1) is 0 Å². The first kappa shape index (κ1) is 12.6. The van der Waals surface area contributed by atoms with Gasteiger partial charge in [0.05, 0.1) is 12.6 Å². The van der Waals surface area contributed by atoms with Gasteiger partial charge in [-0.05, 0) is 6.42 Å². The lowest BCUT2D eigenvalue weighted by atomic mass is 10.1. The third-order valence-corrected chi connectivity index (χ3v) is 2.97. The van der Waals surface area contributed by atoms with Gasteiger partial charge in [0.1, 0.15) is 0 Å². The molecule has 0 radical (unpaired) electrons. The highest BCUT2D eigenvalue weighted by Crippen LogP contribution is 2.14. The fourth-order valence-electron chi connectivity index (χ4n) is 2.08. The number of piperazine rings is 1. The summed E-state index contributed by atoms with van der Waals surface area (Å²) < 4.78 is 4.95. The number of carboxylic acid groups (broad SMARTS) is 1. The third-order valence-electron chi connectivity index (χ3n) is 2.97. The molecule has 18 heavy (non-hydrogen) atoms. The fraction of sp³-hybridized carbons (Fsp3) is 0.545. The maximum atomic E-state index is 11.6. The normalized spacial score (nSPS) is 20.7. The van der Waals surface area contributed by atoms with Crippen LogP contribution in [0.1, 0.15) is 29.6 Å². The van der Waals surface area contributed by atoms with Crippen molar-refractivity contribution < 1.29 is 19.2 Å². The highest BCUT2D eigenvalue weighted by atomic mass is 16.5. The SMILES string of the molecule is CCC1C(=O)NCCN1Cc1cc(C(=O)O)no1. The number of carbonyl (C=O) groups excluding carboxylic acids is 1. The summed E-state index contributed by atoms with van der Waals surface area (Å²) in [7, 11) is 0. The second-order valence-corrected chi connectivity index (χ2v) is 4.17. The molecule has 0 aliphatic carbocycles. The molecule has 1 aromatic heterocycles. The van der Waals surface area contributed by atoms with E-state index in [1.54, 1.807) is 0 Å². The second-order valence-electron chi connectivity index (χ2n) is 4.17. The Balaban J connectivity index is 2.06. The number of nitrogens with one attached hydrogen (secondary N) is 1. The van der Waals surface area contributed by atoms with Crippen LogP contribution in [-0.2, 0) is 11.3 Å². The molecule has 98 valence electrons. The van der Waals surface area contributed by atoms with Crippen molar-refractivity contribution in [1.29, 1.82) is 0 Å².